The van der Waals surface area contributed by atoms with Crippen molar-refractivity contribution in [2.45, 2.75) is 18.9 Å². The molecule has 2 aromatic heterocycles. The predicted molar refractivity (Wildman–Crippen MR) is 132 cm³/mol. The Balaban J connectivity index is 1.48. The average Bonchev–Trinajstić information content (AvgIpc) is 3.26. The number of fused-ring (bicyclic) bond motifs is 1. The molecule has 1 atom stereocenters. The molecule has 1 unspecified atom stereocenters. The Bertz CT molecular complexity index is 1350. The van der Waals surface area contributed by atoms with Gasteiger partial charge in [0.25, 0.3) is 0 Å². The lowest BCUT2D eigenvalue weighted by Crippen LogP contribution is -2.40. The van der Waals surface area contributed by atoms with Gasteiger partial charge in [0, 0.05) is 23.7 Å². The fourth-order valence-electron chi connectivity index (χ4n) is 4.26. The lowest BCUT2D eigenvalue weighted by molar-refractivity contribution is -0.127. The standard InChI is InChI=1S/C25H23ClN6O2/c1-2-21(33)31-13-3-4-18(14-31)32-25-22(24(27)28-15-29-25)23(30-32)16-5-9-19(10-6-16)34-20-11-7-17(26)8-12-20/h2,5-12,15,18H,1,3-4,13-14H2,(H2,27,28,29). The Morgan fingerprint density at radius 2 is 1.82 bits per heavy atom. The highest BCUT2D eigenvalue weighted by atomic mass is 35.5. The molecule has 1 aliphatic rings. The molecule has 2 aromatic carbocycles. The van der Waals surface area contributed by atoms with Crippen LogP contribution in [-0.2, 0) is 4.79 Å². The minimum Gasteiger partial charge on any atom is -0.457 e. The van der Waals surface area contributed by atoms with E-state index in [1.165, 1.54) is 12.4 Å². The third-order valence-electron chi connectivity index (χ3n) is 5.92. The van der Waals surface area contributed by atoms with Gasteiger partial charge in [0.15, 0.2) is 5.65 Å². The summed E-state index contributed by atoms with van der Waals surface area (Å²) in [7, 11) is 0. The first-order valence-electron chi connectivity index (χ1n) is 11.0. The molecule has 3 heterocycles. The van der Waals surface area contributed by atoms with Crippen molar-refractivity contribution in [3.8, 4) is 22.8 Å². The number of aromatic nitrogens is 4. The maximum atomic E-state index is 12.2. The maximum absolute atomic E-state index is 12.2. The normalized spacial score (nSPS) is 15.9. The summed E-state index contributed by atoms with van der Waals surface area (Å²) in [5.41, 5.74) is 8.47. The van der Waals surface area contributed by atoms with E-state index in [-0.39, 0.29) is 11.9 Å². The first-order chi connectivity index (χ1) is 16.5. The van der Waals surface area contributed by atoms with E-state index in [0.717, 1.165) is 18.4 Å². The van der Waals surface area contributed by atoms with Crippen molar-refractivity contribution in [2.75, 3.05) is 18.8 Å². The van der Waals surface area contributed by atoms with E-state index in [4.69, 9.17) is 27.2 Å². The van der Waals surface area contributed by atoms with Gasteiger partial charge in [-0.25, -0.2) is 14.6 Å². The number of piperidine rings is 1. The average molecular weight is 475 g/mol. The van der Waals surface area contributed by atoms with Crippen LogP contribution in [0, 0.1) is 0 Å². The van der Waals surface area contributed by atoms with Crippen LogP contribution in [0.2, 0.25) is 5.02 Å². The molecule has 34 heavy (non-hydrogen) atoms. The Kier molecular flexibility index (Phi) is 5.90. The number of nitrogens with two attached hydrogens (primary N) is 1. The number of nitrogen functional groups attached to an aromatic ring is 1. The number of hydrogen-bond donors (Lipinski definition) is 1. The molecule has 1 saturated heterocycles. The zero-order chi connectivity index (χ0) is 23.7. The molecular formula is C25H23ClN6O2. The van der Waals surface area contributed by atoms with Crippen molar-refractivity contribution in [2.24, 2.45) is 0 Å². The third kappa shape index (κ3) is 4.20. The number of benzene rings is 2. The number of rotatable bonds is 5. The number of nitrogens with zero attached hydrogens (tertiary/aromatic N) is 5. The highest BCUT2D eigenvalue weighted by Crippen LogP contribution is 2.35. The van der Waals surface area contributed by atoms with Gasteiger partial charge in [-0.15, -0.1) is 0 Å². The quantitative estimate of drug-likeness (QED) is 0.414. The number of amides is 1. The fraction of sp³-hybridized carbons (Fsp3) is 0.200. The van der Waals surface area contributed by atoms with Gasteiger partial charge in [0.05, 0.1) is 11.4 Å². The molecule has 172 valence electrons. The highest BCUT2D eigenvalue weighted by molar-refractivity contribution is 6.30. The van der Waals surface area contributed by atoms with Crippen LogP contribution in [0.25, 0.3) is 22.3 Å². The summed E-state index contributed by atoms with van der Waals surface area (Å²) in [6.45, 7) is 4.86. The van der Waals surface area contributed by atoms with E-state index in [9.17, 15) is 4.79 Å². The largest absolute Gasteiger partial charge is 0.457 e. The van der Waals surface area contributed by atoms with Gasteiger partial charge in [-0.3, -0.25) is 4.79 Å². The number of halogens is 1. The molecule has 0 bridgehead atoms. The summed E-state index contributed by atoms with van der Waals surface area (Å²) in [4.78, 5) is 22.6. The van der Waals surface area contributed by atoms with Gasteiger partial charge in [0.2, 0.25) is 5.91 Å². The van der Waals surface area contributed by atoms with Crippen LogP contribution in [0.3, 0.4) is 0 Å². The molecular weight excluding hydrogens is 452 g/mol. The molecule has 0 spiro atoms. The topological polar surface area (TPSA) is 99.2 Å². The van der Waals surface area contributed by atoms with Gasteiger partial charge in [-0.05, 0) is 67.4 Å². The van der Waals surface area contributed by atoms with E-state index < -0.39 is 0 Å². The number of carbonyl (C=O) groups excluding carboxylic acids is 1. The molecule has 0 radical (unpaired) electrons. The lowest BCUT2D eigenvalue weighted by atomic mass is 10.1. The van der Waals surface area contributed by atoms with Crippen LogP contribution in [0.1, 0.15) is 18.9 Å². The molecule has 4 aromatic rings. The molecule has 1 amide bonds. The van der Waals surface area contributed by atoms with Crippen molar-refractivity contribution < 1.29 is 9.53 Å². The Labute approximate surface area is 201 Å². The van der Waals surface area contributed by atoms with Crippen LogP contribution in [0.5, 0.6) is 11.5 Å². The van der Waals surface area contributed by atoms with E-state index in [0.29, 0.717) is 52.2 Å². The van der Waals surface area contributed by atoms with Crippen LogP contribution in [0.15, 0.2) is 67.5 Å². The first-order valence-corrected chi connectivity index (χ1v) is 11.3. The number of carbonyl (C=O) groups is 1. The van der Waals surface area contributed by atoms with E-state index >= 15 is 0 Å². The lowest BCUT2D eigenvalue weighted by Gasteiger charge is -2.32. The number of anilines is 1. The number of hydrogen-bond acceptors (Lipinski definition) is 6. The van der Waals surface area contributed by atoms with Crippen LogP contribution >= 0.6 is 11.6 Å². The minimum atomic E-state index is -0.0770. The zero-order valence-corrected chi connectivity index (χ0v) is 19.2. The molecule has 1 fully saturated rings. The van der Waals surface area contributed by atoms with Gasteiger partial charge in [-0.1, -0.05) is 18.2 Å². The second kappa shape index (κ2) is 9.15. The van der Waals surface area contributed by atoms with Crippen molar-refractivity contribution in [3.05, 3.63) is 72.5 Å². The van der Waals surface area contributed by atoms with Crippen molar-refractivity contribution in [3.63, 3.8) is 0 Å². The Morgan fingerprint density at radius 1 is 1.12 bits per heavy atom. The van der Waals surface area contributed by atoms with Crippen LogP contribution < -0.4 is 10.5 Å². The Morgan fingerprint density at radius 3 is 2.53 bits per heavy atom. The van der Waals surface area contributed by atoms with E-state index in [2.05, 4.69) is 16.5 Å². The zero-order valence-electron chi connectivity index (χ0n) is 18.4. The van der Waals surface area contributed by atoms with Crippen LogP contribution in [-0.4, -0.2) is 43.6 Å². The Hall–Kier alpha value is -3.91. The predicted octanol–water partition coefficient (Wildman–Crippen LogP) is 4.87. The van der Waals surface area contributed by atoms with Gasteiger partial charge in [-0.2, -0.15) is 5.10 Å². The summed E-state index contributed by atoms with van der Waals surface area (Å²) in [6.07, 6.45) is 4.55. The summed E-state index contributed by atoms with van der Waals surface area (Å²) < 4.78 is 7.78. The number of likely N-dealkylation sites (tertiary alicyclic amines) is 1. The molecule has 9 heteroatoms. The van der Waals surface area contributed by atoms with Crippen LogP contribution in [0.4, 0.5) is 5.82 Å². The highest BCUT2D eigenvalue weighted by Gasteiger charge is 2.28. The van der Waals surface area contributed by atoms with Crippen molar-refractivity contribution in [1.82, 2.24) is 24.6 Å². The number of ether oxygens (including phenoxy) is 1. The molecule has 0 aliphatic carbocycles. The fourth-order valence-corrected chi connectivity index (χ4v) is 4.38. The second-order valence-corrected chi connectivity index (χ2v) is 8.55. The van der Waals surface area contributed by atoms with Crippen molar-refractivity contribution >= 4 is 34.4 Å². The SMILES string of the molecule is C=CC(=O)N1CCCC(n2nc(-c3ccc(Oc4ccc(Cl)cc4)cc3)c3c(N)ncnc32)C1. The van der Waals surface area contributed by atoms with E-state index in [1.807, 2.05) is 41.1 Å². The summed E-state index contributed by atoms with van der Waals surface area (Å²) in [5, 5.41) is 6.25. The summed E-state index contributed by atoms with van der Waals surface area (Å²) in [6, 6.07) is 14.8. The third-order valence-corrected chi connectivity index (χ3v) is 6.18. The maximum Gasteiger partial charge on any atom is 0.246 e. The van der Waals surface area contributed by atoms with Gasteiger partial charge >= 0.3 is 0 Å². The minimum absolute atomic E-state index is 0.0179. The van der Waals surface area contributed by atoms with Gasteiger partial charge in [0.1, 0.15) is 29.3 Å². The van der Waals surface area contributed by atoms with Gasteiger partial charge < -0.3 is 15.4 Å². The molecule has 8 nitrogen and oxygen atoms in total. The molecule has 2 N–H and O–H groups in total. The second-order valence-electron chi connectivity index (χ2n) is 8.12. The monoisotopic (exact) mass is 474 g/mol. The first kappa shape index (κ1) is 21.9. The smallest absolute Gasteiger partial charge is 0.246 e. The van der Waals surface area contributed by atoms with E-state index in [1.54, 1.807) is 17.0 Å². The van der Waals surface area contributed by atoms with Crippen molar-refractivity contribution in [1.29, 1.82) is 0 Å². The molecule has 5 rings (SSSR count). The summed E-state index contributed by atoms with van der Waals surface area (Å²) in [5.74, 6) is 1.67. The summed E-state index contributed by atoms with van der Waals surface area (Å²) >= 11 is 5.94. The molecule has 0 saturated carbocycles. The molecule has 1 aliphatic heterocycles.